The predicted molar refractivity (Wildman–Crippen MR) is 78.4 cm³/mol. The number of aryl methyl sites for hydroxylation is 1. The average Bonchev–Trinajstić information content (AvgIpc) is 2.94. The molecule has 0 saturated heterocycles. The van der Waals surface area contributed by atoms with Crippen LogP contribution in [0, 0.1) is 6.92 Å². The fourth-order valence-corrected chi connectivity index (χ4v) is 2.26. The second kappa shape index (κ2) is 5.24. The first-order valence-electron chi connectivity index (χ1n) is 6.45. The van der Waals surface area contributed by atoms with Crippen molar-refractivity contribution >= 4 is 17.1 Å². The van der Waals surface area contributed by atoms with Crippen molar-refractivity contribution in [3.8, 4) is 11.3 Å². The van der Waals surface area contributed by atoms with E-state index in [0.29, 0.717) is 0 Å². The van der Waals surface area contributed by atoms with E-state index in [-0.39, 0.29) is 6.61 Å². The highest BCUT2D eigenvalue weighted by Gasteiger charge is 2.09. The third kappa shape index (κ3) is 2.55. The van der Waals surface area contributed by atoms with Crippen LogP contribution in [0.3, 0.4) is 0 Å². The Labute approximate surface area is 121 Å². The highest BCUT2D eigenvalue weighted by atomic mass is 16.5. The largest absolute Gasteiger partial charge is 0.445 e. The molecule has 0 aliphatic rings. The van der Waals surface area contributed by atoms with Crippen LogP contribution < -0.4 is 5.73 Å². The fraction of sp³-hybridized carbons (Fsp3) is 0.133. The van der Waals surface area contributed by atoms with E-state index in [4.69, 9.17) is 10.5 Å². The number of carbonyl (C=O) groups is 1. The molecule has 6 nitrogen and oxygen atoms in total. The molecule has 0 bridgehead atoms. The minimum Gasteiger partial charge on any atom is -0.445 e. The van der Waals surface area contributed by atoms with E-state index in [1.165, 1.54) is 6.33 Å². The van der Waals surface area contributed by atoms with Crippen LogP contribution >= 0.6 is 0 Å². The molecule has 21 heavy (non-hydrogen) atoms. The van der Waals surface area contributed by atoms with Crippen molar-refractivity contribution in [1.29, 1.82) is 0 Å². The lowest BCUT2D eigenvalue weighted by Crippen LogP contribution is -2.13. The zero-order valence-corrected chi connectivity index (χ0v) is 11.5. The summed E-state index contributed by atoms with van der Waals surface area (Å²) in [6, 6.07) is 7.81. The predicted octanol–water partition coefficient (Wildman–Crippen LogP) is 2.53. The number of carbonyl (C=O) groups excluding carboxylic acids is 1. The second-order valence-electron chi connectivity index (χ2n) is 4.71. The van der Waals surface area contributed by atoms with E-state index >= 15 is 0 Å². The number of aromatic nitrogens is 3. The van der Waals surface area contributed by atoms with Gasteiger partial charge in [-0.05, 0) is 30.2 Å². The van der Waals surface area contributed by atoms with Gasteiger partial charge in [0, 0.05) is 17.1 Å². The van der Waals surface area contributed by atoms with Crippen molar-refractivity contribution in [2.75, 3.05) is 0 Å². The van der Waals surface area contributed by atoms with Gasteiger partial charge in [-0.25, -0.2) is 14.8 Å². The maximum atomic E-state index is 10.7. The van der Waals surface area contributed by atoms with Gasteiger partial charge in [-0.3, -0.25) is 0 Å². The minimum absolute atomic E-state index is 0.171. The molecule has 3 aromatic rings. The van der Waals surface area contributed by atoms with Crippen molar-refractivity contribution in [1.82, 2.24) is 15.0 Å². The van der Waals surface area contributed by atoms with Crippen molar-refractivity contribution in [2.45, 2.75) is 13.5 Å². The molecule has 1 amide bonds. The lowest BCUT2D eigenvalue weighted by Gasteiger charge is -2.09. The number of hydrogen-bond acceptors (Lipinski definition) is 4. The number of hydrogen-bond donors (Lipinski definition) is 2. The molecule has 0 aliphatic heterocycles. The smallest absolute Gasteiger partial charge is 0.404 e. The summed E-state index contributed by atoms with van der Waals surface area (Å²) in [7, 11) is 0. The third-order valence-electron chi connectivity index (χ3n) is 3.34. The molecule has 0 radical (unpaired) electrons. The molecule has 1 aromatic carbocycles. The van der Waals surface area contributed by atoms with E-state index in [1.54, 1.807) is 0 Å². The number of fused-ring (bicyclic) bond motifs is 1. The molecule has 106 valence electrons. The quantitative estimate of drug-likeness (QED) is 0.771. The maximum Gasteiger partial charge on any atom is 0.404 e. The summed E-state index contributed by atoms with van der Waals surface area (Å²) in [6.07, 6.45) is 2.60. The molecule has 0 spiro atoms. The van der Waals surface area contributed by atoms with Crippen LogP contribution in [0.4, 0.5) is 4.79 Å². The van der Waals surface area contributed by atoms with Gasteiger partial charge in [-0.2, -0.15) is 0 Å². The molecule has 3 rings (SSSR count). The Kier molecular flexibility index (Phi) is 3.27. The van der Waals surface area contributed by atoms with Crippen LogP contribution in [-0.2, 0) is 11.3 Å². The van der Waals surface area contributed by atoms with Crippen molar-refractivity contribution in [2.24, 2.45) is 5.73 Å². The molecular weight excluding hydrogens is 268 g/mol. The number of ether oxygens (including phenoxy) is 1. The van der Waals surface area contributed by atoms with Crippen LogP contribution in [-0.4, -0.2) is 21.0 Å². The Balaban J connectivity index is 1.98. The summed E-state index contributed by atoms with van der Waals surface area (Å²) in [5.74, 6) is 0. The van der Waals surface area contributed by atoms with Crippen LogP contribution in [0.1, 0.15) is 11.1 Å². The molecule has 3 N–H and O–H groups in total. The topological polar surface area (TPSA) is 93.9 Å². The van der Waals surface area contributed by atoms with Crippen LogP contribution in [0.15, 0.2) is 36.8 Å². The molecule has 0 unspecified atom stereocenters. The van der Waals surface area contributed by atoms with Gasteiger partial charge >= 0.3 is 6.09 Å². The van der Waals surface area contributed by atoms with Gasteiger partial charge in [-0.1, -0.05) is 12.1 Å². The normalized spacial score (nSPS) is 10.7. The molecule has 6 heteroatoms. The second-order valence-corrected chi connectivity index (χ2v) is 4.71. The molecule has 0 aliphatic carbocycles. The SMILES string of the molecule is Cc1cc(-c2ncnc3[nH]ccc23)ccc1COC(N)=O. The van der Waals surface area contributed by atoms with Gasteiger partial charge in [0.1, 0.15) is 18.6 Å². The van der Waals surface area contributed by atoms with E-state index in [9.17, 15) is 4.79 Å². The van der Waals surface area contributed by atoms with Gasteiger partial charge in [-0.15, -0.1) is 0 Å². The summed E-state index contributed by atoms with van der Waals surface area (Å²) in [4.78, 5) is 22.3. The molecule has 0 atom stereocenters. The Morgan fingerprint density at radius 1 is 1.33 bits per heavy atom. The first-order valence-corrected chi connectivity index (χ1v) is 6.45. The average molecular weight is 282 g/mol. The number of primary amides is 1. The summed E-state index contributed by atoms with van der Waals surface area (Å²) in [5, 5.41) is 0.970. The standard InChI is InChI=1S/C15H14N4O2/c1-9-6-10(2-3-11(9)7-21-15(16)20)13-12-4-5-17-14(12)19-8-18-13/h2-6,8H,7H2,1H3,(H2,16,20)(H,17,18,19). The monoisotopic (exact) mass is 282 g/mol. The Bertz CT molecular complexity index is 810. The number of nitrogens with zero attached hydrogens (tertiary/aromatic N) is 2. The van der Waals surface area contributed by atoms with E-state index in [2.05, 4.69) is 15.0 Å². The highest BCUT2D eigenvalue weighted by molar-refractivity contribution is 5.90. The zero-order chi connectivity index (χ0) is 14.8. The number of nitrogens with two attached hydrogens (primary N) is 1. The van der Waals surface area contributed by atoms with Crippen molar-refractivity contribution in [3.05, 3.63) is 47.9 Å². The summed E-state index contributed by atoms with van der Waals surface area (Å²) < 4.78 is 4.82. The molecule has 0 saturated carbocycles. The summed E-state index contributed by atoms with van der Waals surface area (Å²) >= 11 is 0. The number of H-pyrrole nitrogens is 1. The van der Waals surface area contributed by atoms with Gasteiger partial charge in [0.25, 0.3) is 0 Å². The van der Waals surface area contributed by atoms with Gasteiger partial charge < -0.3 is 15.5 Å². The van der Waals surface area contributed by atoms with E-state index in [0.717, 1.165) is 33.4 Å². The molecular formula is C15H14N4O2. The fourth-order valence-electron chi connectivity index (χ4n) is 2.26. The van der Waals surface area contributed by atoms with Crippen LogP contribution in [0.2, 0.25) is 0 Å². The van der Waals surface area contributed by atoms with E-state index in [1.807, 2.05) is 37.4 Å². The summed E-state index contributed by atoms with van der Waals surface area (Å²) in [6.45, 7) is 2.13. The lowest BCUT2D eigenvalue weighted by atomic mass is 10.0. The van der Waals surface area contributed by atoms with Gasteiger partial charge in [0.15, 0.2) is 0 Å². The summed E-state index contributed by atoms with van der Waals surface area (Å²) in [5.41, 5.74) is 9.56. The number of benzene rings is 1. The highest BCUT2D eigenvalue weighted by Crippen LogP contribution is 2.26. The number of amides is 1. The van der Waals surface area contributed by atoms with Crippen LogP contribution in [0.25, 0.3) is 22.3 Å². The first-order chi connectivity index (χ1) is 10.1. The molecule has 2 aromatic heterocycles. The van der Waals surface area contributed by atoms with Crippen molar-refractivity contribution in [3.63, 3.8) is 0 Å². The number of rotatable bonds is 3. The zero-order valence-electron chi connectivity index (χ0n) is 11.5. The first kappa shape index (κ1) is 13.1. The Morgan fingerprint density at radius 2 is 2.19 bits per heavy atom. The van der Waals surface area contributed by atoms with Gasteiger partial charge in [0.05, 0.1) is 5.69 Å². The Morgan fingerprint density at radius 3 is 2.95 bits per heavy atom. The maximum absolute atomic E-state index is 10.7. The number of nitrogens with one attached hydrogen (secondary N) is 1. The van der Waals surface area contributed by atoms with E-state index < -0.39 is 6.09 Å². The van der Waals surface area contributed by atoms with Gasteiger partial charge in [0.2, 0.25) is 0 Å². The lowest BCUT2D eigenvalue weighted by molar-refractivity contribution is 0.150. The number of aromatic amines is 1. The molecule has 0 fully saturated rings. The van der Waals surface area contributed by atoms with Crippen molar-refractivity contribution < 1.29 is 9.53 Å². The van der Waals surface area contributed by atoms with Crippen LogP contribution in [0.5, 0.6) is 0 Å². The Hall–Kier alpha value is -2.89. The third-order valence-corrected chi connectivity index (χ3v) is 3.34. The molecule has 2 heterocycles. The minimum atomic E-state index is -0.775.